The van der Waals surface area contributed by atoms with E-state index in [1.54, 1.807) is 0 Å². The average Bonchev–Trinajstić information content (AvgIpc) is 2.92. The summed E-state index contributed by atoms with van der Waals surface area (Å²) in [6.07, 6.45) is 0. The Morgan fingerprint density at radius 2 is 2.00 bits per heavy atom. The van der Waals surface area contributed by atoms with Crippen molar-refractivity contribution < 1.29 is 0 Å². The van der Waals surface area contributed by atoms with Gasteiger partial charge in [-0.1, -0.05) is 25.1 Å². The van der Waals surface area contributed by atoms with Crippen molar-refractivity contribution in [1.29, 1.82) is 0 Å². The average molecular weight is 360 g/mol. The molecule has 0 bridgehead atoms. The zero-order chi connectivity index (χ0) is 18.1. The van der Waals surface area contributed by atoms with E-state index in [4.69, 9.17) is 0 Å². The number of benzene rings is 1. The van der Waals surface area contributed by atoms with Gasteiger partial charge >= 0.3 is 0 Å². The second-order valence-electron chi connectivity index (χ2n) is 6.26. The van der Waals surface area contributed by atoms with Crippen LogP contribution < -0.4 is 10.6 Å². The van der Waals surface area contributed by atoms with Crippen LogP contribution in [0.25, 0.3) is 0 Å². The number of aliphatic imine (C=N–C) groups is 1. The van der Waals surface area contributed by atoms with Crippen LogP contribution in [0.4, 0.5) is 0 Å². The van der Waals surface area contributed by atoms with E-state index in [9.17, 15) is 0 Å². The molecule has 1 aromatic carbocycles. The number of nitrogens with zero attached hydrogens (tertiary/aromatic N) is 3. The quantitative estimate of drug-likeness (QED) is 0.329. The zero-order valence-corrected chi connectivity index (χ0v) is 16.4. The van der Waals surface area contributed by atoms with Gasteiger partial charge in [0.15, 0.2) is 5.96 Å². The highest BCUT2D eigenvalue weighted by atomic mass is 32.2. The van der Waals surface area contributed by atoms with Crippen LogP contribution in [0.5, 0.6) is 0 Å². The summed E-state index contributed by atoms with van der Waals surface area (Å²) in [6, 6.07) is 12.6. The fourth-order valence-corrected chi connectivity index (χ4v) is 3.36. The van der Waals surface area contributed by atoms with Crippen molar-refractivity contribution in [3.63, 3.8) is 0 Å². The van der Waals surface area contributed by atoms with E-state index in [0.29, 0.717) is 5.92 Å². The normalized spacial score (nSPS) is 12.9. The van der Waals surface area contributed by atoms with Gasteiger partial charge in [-0.05, 0) is 38.0 Å². The molecule has 0 aliphatic heterocycles. The molecule has 2 aromatic rings. The third-order valence-electron chi connectivity index (χ3n) is 3.84. The predicted molar refractivity (Wildman–Crippen MR) is 107 cm³/mol. The molecule has 0 aliphatic carbocycles. The third kappa shape index (κ3) is 6.82. The molecule has 2 N–H and O–H groups in total. The van der Waals surface area contributed by atoms with Gasteiger partial charge < -0.3 is 10.6 Å². The molecule has 0 fully saturated rings. The Morgan fingerprint density at radius 1 is 1.24 bits per heavy atom. The molecule has 1 unspecified atom stereocenters. The van der Waals surface area contributed by atoms with Crippen molar-refractivity contribution >= 4 is 17.7 Å². The maximum absolute atomic E-state index is 4.53. The lowest BCUT2D eigenvalue weighted by Gasteiger charge is -2.16. The van der Waals surface area contributed by atoms with Crippen molar-refractivity contribution in [2.45, 2.75) is 32.2 Å². The van der Waals surface area contributed by atoms with E-state index < -0.39 is 0 Å². The molecule has 5 nitrogen and oxygen atoms in total. The van der Waals surface area contributed by atoms with Gasteiger partial charge in [-0.25, -0.2) is 0 Å². The molecule has 0 saturated carbocycles. The Balaban J connectivity index is 1.66. The van der Waals surface area contributed by atoms with Gasteiger partial charge in [0.2, 0.25) is 0 Å². The SMILES string of the molecule is CN=C(NCCSc1ccccc1)NCC(C)Cn1nc(C)cc1C. The van der Waals surface area contributed by atoms with E-state index in [-0.39, 0.29) is 0 Å². The second kappa shape index (κ2) is 10.1. The molecule has 0 amide bonds. The van der Waals surface area contributed by atoms with Crippen LogP contribution in [0, 0.1) is 19.8 Å². The number of guanidine groups is 1. The van der Waals surface area contributed by atoms with E-state index in [1.165, 1.54) is 10.6 Å². The van der Waals surface area contributed by atoms with Crippen molar-refractivity contribution in [2.24, 2.45) is 10.9 Å². The minimum Gasteiger partial charge on any atom is -0.356 e. The molecule has 136 valence electrons. The van der Waals surface area contributed by atoms with Gasteiger partial charge in [-0.2, -0.15) is 5.10 Å². The fraction of sp³-hybridized carbons (Fsp3) is 0.474. The van der Waals surface area contributed by atoms with Gasteiger partial charge in [0, 0.05) is 43.0 Å². The summed E-state index contributed by atoms with van der Waals surface area (Å²) in [5, 5.41) is 11.3. The van der Waals surface area contributed by atoms with Crippen molar-refractivity contribution in [1.82, 2.24) is 20.4 Å². The summed E-state index contributed by atoms with van der Waals surface area (Å²) in [6.45, 7) is 9.01. The molecule has 1 heterocycles. The van der Waals surface area contributed by atoms with Gasteiger partial charge in [-0.3, -0.25) is 9.67 Å². The van der Waals surface area contributed by atoms with E-state index in [0.717, 1.165) is 37.0 Å². The first-order chi connectivity index (χ1) is 12.1. The molecular formula is C19H29N5S. The first-order valence-electron chi connectivity index (χ1n) is 8.72. The number of rotatable bonds is 8. The van der Waals surface area contributed by atoms with Crippen molar-refractivity contribution in [2.75, 3.05) is 25.9 Å². The van der Waals surface area contributed by atoms with E-state index >= 15 is 0 Å². The van der Waals surface area contributed by atoms with E-state index in [1.807, 2.05) is 31.8 Å². The standard InChI is InChI=1S/C19H29N5S/c1-15(14-24-17(3)12-16(2)23-24)13-22-19(20-4)21-10-11-25-18-8-6-5-7-9-18/h5-9,12,15H,10-11,13-14H2,1-4H3,(H2,20,21,22). The predicted octanol–water partition coefficient (Wildman–Crippen LogP) is 3.09. The van der Waals surface area contributed by atoms with Gasteiger partial charge in [0.25, 0.3) is 0 Å². The maximum Gasteiger partial charge on any atom is 0.191 e. The Morgan fingerprint density at radius 3 is 2.64 bits per heavy atom. The lowest BCUT2D eigenvalue weighted by atomic mass is 10.2. The molecule has 1 aromatic heterocycles. The second-order valence-corrected chi connectivity index (χ2v) is 7.42. The number of nitrogens with one attached hydrogen (secondary N) is 2. The van der Waals surface area contributed by atoms with Crippen LogP contribution in [-0.4, -0.2) is 41.6 Å². The minimum atomic E-state index is 0.468. The number of hydrogen-bond acceptors (Lipinski definition) is 3. The molecule has 0 spiro atoms. The summed E-state index contributed by atoms with van der Waals surface area (Å²) in [4.78, 5) is 5.59. The molecule has 25 heavy (non-hydrogen) atoms. The molecule has 1 atom stereocenters. The molecule has 0 aliphatic rings. The topological polar surface area (TPSA) is 54.2 Å². The molecule has 6 heteroatoms. The van der Waals surface area contributed by atoms with Crippen LogP contribution in [0.2, 0.25) is 0 Å². The number of thioether (sulfide) groups is 1. The largest absolute Gasteiger partial charge is 0.356 e. The smallest absolute Gasteiger partial charge is 0.191 e. The molecule has 2 rings (SSSR count). The van der Waals surface area contributed by atoms with Crippen molar-refractivity contribution in [3.05, 3.63) is 47.8 Å². The lowest BCUT2D eigenvalue weighted by molar-refractivity contribution is 0.436. The van der Waals surface area contributed by atoms with Crippen LogP contribution in [0.3, 0.4) is 0 Å². The Kier molecular flexibility index (Phi) is 7.85. The number of aromatic nitrogens is 2. The Hall–Kier alpha value is -1.95. The highest BCUT2D eigenvalue weighted by Gasteiger charge is 2.08. The number of aryl methyl sites for hydroxylation is 2. The van der Waals surface area contributed by atoms with Crippen molar-refractivity contribution in [3.8, 4) is 0 Å². The third-order valence-corrected chi connectivity index (χ3v) is 4.85. The van der Waals surface area contributed by atoms with Crippen LogP contribution in [0.15, 0.2) is 46.3 Å². The maximum atomic E-state index is 4.53. The summed E-state index contributed by atoms with van der Waals surface area (Å²) in [7, 11) is 1.81. The zero-order valence-electron chi connectivity index (χ0n) is 15.6. The van der Waals surface area contributed by atoms with Gasteiger partial charge in [-0.15, -0.1) is 11.8 Å². The van der Waals surface area contributed by atoms with Gasteiger partial charge in [0.1, 0.15) is 0 Å². The highest BCUT2D eigenvalue weighted by molar-refractivity contribution is 7.99. The Bertz CT molecular complexity index is 666. The summed E-state index contributed by atoms with van der Waals surface area (Å²) in [5.41, 5.74) is 2.29. The van der Waals surface area contributed by atoms with Crippen LogP contribution in [0.1, 0.15) is 18.3 Å². The first-order valence-corrected chi connectivity index (χ1v) is 9.70. The van der Waals surface area contributed by atoms with Crippen LogP contribution in [-0.2, 0) is 6.54 Å². The van der Waals surface area contributed by atoms with Crippen LogP contribution >= 0.6 is 11.8 Å². The monoisotopic (exact) mass is 359 g/mol. The Labute approximate surface area is 155 Å². The highest BCUT2D eigenvalue weighted by Crippen LogP contribution is 2.15. The van der Waals surface area contributed by atoms with Gasteiger partial charge in [0.05, 0.1) is 5.69 Å². The number of hydrogen-bond donors (Lipinski definition) is 2. The minimum absolute atomic E-state index is 0.468. The van der Waals surface area contributed by atoms with E-state index in [2.05, 4.69) is 69.6 Å². The fourth-order valence-electron chi connectivity index (χ4n) is 2.57. The lowest BCUT2D eigenvalue weighted by Crippen LogP contribution is -2.40. The summed E-state index contributed by atoms with van der Waals surface area (Å²) >= 11 is 1.85. The molecular weight excluding hydrogens is 330 g/mol. The first kappa shape index (κ1) is 19.4. The summed E-state index contributed by atoms with van der Waals surface area (Å²) in [5.74, 6) is 2.33. The molecule has 0 saturated heterocycles. The molecule has 0 radical (unpaired) electrons. The summed E-state index contributed by atoms with van der Waals surface area (Å²) < 4.78 is 2.08.